The van der Waals surface area contributed by atoms with E-state index in [9.17, 15) is 9.59 Å². The zero-order valence-electron chi connectivity index (χ0n) is 16.3. The molecular weight excluding hydrogens is 312 g/mol. The molecular formula is C22H36O3. The number of carbonyl (C=O) groups is 2. The number of hydrogen-bond donors (Lipinski definition) is 0. The predicted molar refractivity (Wildman–Crippen MR) is 103 cm³/mol. The normalized spacial score (nSPS) is 25.7. The van der Waals surface area contributed by atoms with Crippen molar-refractivity contribution in [1.82, 2.24) is 0 Å². The van der Waals surface area contributed by atoms with Gasteiger partial charge in [0.2, 0.25) is 0 Å². The Balaban J connectivity index is 2.42. The summed E-state index contributed by atoms with van der Waals surface area (Å²) in [6.07, 6.45) is 18.3. The van der Waals surface area contributed by atoms with Crippen molar-refractivity contribution in [2.24, 2.45) is 0 Å². The molecule has 0 radical (unpaired) electrons. The summed E-state index contributed by atoms with van der Waals surface area (Å²) in [5.41, 5.74) is 2.95. The summed E-state index contributed by atoms with van der Waals surface area (Å²) >= 11 is 0. The third-order valence-corrected chi connectivity index (χ3v) is 4.78. The summed E-state index contributed by atoms with van der Waals surface area (Å²) in [6, 6.07) is 0. The number of hydrogen-bond acceptors (Lipinski definition) is 3. The van der Waals surface area contributed by atoms with Crippen molar-refractivity contribution in [3.63, 3.8) is 0 Å². The van der Waals surface area contributed by atoms with Gasteiger partial charge in [0.25, 0.3) is 0 Å². The lowest BCUT2D eigenvalue weighted by Gasteiger charge is -2.04. The van der Waals surface area contributed by atoms with E-state index in [1.807, 2.05) is 0 Å². The second kappa shape index (κ2) is 13.9. The Morgan fingerprint density at radius 2 is 0.960 bits per heavy atom. The van der Waals surface area contributed by atoms with Crippen molar-refractivity contribution in [2.45, 2.75) is 104 Å². The van der Waals surface area contributed by atoms with Crippen LogP contribution in [-0.2, 0) is 14.3 Å². The fourth-order valence-electron chi connectivity index (χ4n) is 3.15. The lowest BCUT2D eigenvalue weighted by atomic mass is 10.0. The van der Waals surface area contributed by atoms with Crippen LogP contribution in [0.25, 0.3) is 0 Å². The predicted octanol–water partition coefficient (Wildman–Crippen LogP) is 6.42. The number of ether oxygens (including phenoxy) is 1. The first-order valence-corrected chi connectivity index (χ1v) is 10.1. The quantitative estimate of drug-likeness (QED) is 0.288. The Bertz CT molecular complexity index is 418. The molecule has 0 fully saturated rings. The van der Waals surface area contributed by atoms with Crippen LogP contribution < -0.4 is 0 Å². The number of cyclic esters (lactones) is 2. The first kappa shape index (κ1) is 21.7. The van der Waals surface area contributed by atoms with Gasteiger partial charge in [0.1, 0.15) is 0 Å². The fourth-order valence-corrected chi connectivity index (χ4v) is 3.15. The molecule has 0 bridgehead atoms. The molecule has 3 heteroatoms. The first-order valence-electron chi connectivity index (χ1n) is 10.1. The van der Waals surface area contributed by atoms with Crippen LogP contribution in [0.1, 0.15) is 104 Å². The molecule has 0 atom stereocenters. The van der Waals surface area contributed by atoms with Crippen LogP contribution in [0, 0.1) is 0 Å². The smallest absolute Gasteiger partial charge is 0.313 e. The Kier molecular flexibility index (Phi) is 12.0. The van der Waals surface area contributed by atoms with Gasteiger partial charge in [-0.15, -0.1) is 0 Å². The minimum Gasteiger partial charge on any atom is -0.393 e. The molecule has 0 saturated heterocycles. The minimum absolute atomic E-state index is 0.354. The third-order valence-electron chi connectivity index (χ3n) is 4.78. The summed E-state index contributed by atoms with van der Waals surface area (Å²) in [7, 11) is 0. The summed E-state index contributed by atoms with van der Waals surface area (Å²) < 4.78 is 4.89. The molecule has 0 unspecified atom stereocenters. The van der Waals surface area contributed by atoms with Crippen molar-refractivity contribution in [3.05, 3.63) is 23.3 Å². The van der Waals surface area contributed by atoms with E-state index in [1.165, 1.54) is 24.0 Å². The van der Waals surface area contributed by atoms with Gasteiger partial charge in [-0.05, 0) is 65.2 Å². The Labute approximate surface area is 153 Å². The van der Waals surface area contributed by atoms with Crippen LogP contribution in [-0.4, -0.2) is 11.9 Å². The zero-order chi connectivity index (χ0) is 18.3. The van der Waals surface area contributed by atoms with Gasteiger partial charge in [-0.2, -0.15) is 0 Å². The van der Waals surface area contributed by atoms with Gasteiger partial charge in [-0.3, -0.25) is 9.59 Å². The van der Waals surface area contributed by atoms with Gasteiger partial charge in [0, 0.05) is 12.8 Å². The van der Waals surface area contributed by atoms with E-state index >= 15 is 0 Å². The molecule has 0 N–H and O–H groups in total. The van der Waals surface area contributed by atoms with E-state index in [0.717, 1.165) is 64.2 Å². The van der Waals surface area contributed by atoms with Crippen molar-refractivity contribution in [2.75, 3.05) is 0 Å². The second-order valence-corrected chi connectivity index (χ2v) is 7.35. The van der Waals surface area contributed by atoms with Gasteiger partial charge < -0.3 is 4.74 Å². The molecule has 0 saturated carbocycles. The van der Waals surface area contributed by atoms with Gasteiger partial charge in [0.05, 0.1) is 0 Å². The fraction of sp³-hybridized carbons (Fsp3) is 0.727. The molecule has 1 rings (SSSR count). The largest absolute Gasteiger partial charge is 0.393 e. The second-order valence-electron chi connectivity index (χ2n) is 7.35. The summed E-state index contributed by atoms with van der Waals surface area (Å²) in [4.78, 5) is 23.3. The summed E-state index contributed by atoms with van der Waals surface area (Å²) in [5.74, 6) is -0.708. The number of rotatable bonds is 0. The Hall–Kier alpha value is -1.38. The van der Waals surface area contributed by atoms with Crippen molar-refractivity contribution in [3.8, 4) is 0 Å². The summed E-state index contributed by atoms with van der Waals surface area (Å²) in [5, 5.41) is 0. The van der Waals surface area contributed by atoms with E-state index in [2.05, 4.69) is 26.0 Å². The van der Waals surface area contributed by atoms with Gasteiger partial charge in [-0.1, -0.05) is 49.0 Å². The van der Waals surface area contributed by atoms with Crippen LogP contribution in [0.15, 0.2) is 23.3 Å². The third kappa shape index (κ3) is 12.6. The lowest BCUT2D eigenvalue weighted by Crippen LogP contribution is -2.11. The number of esters is 2. The maximum atomic E-state index is 11.6. The van der Waals surface area contributed by atoms with Crippen LogP contribution in [0.5, 0.6) is 0 Å². The molecule has 142 valence electrons. The van der Waals surface area contributed by atoms with Crippen molar-refractivity contribution >= 4 is 11.9 Å². The molecule has 3 nitrogen and oxygen atoms in total. The van der Waals surface area contributed by atoms with Crippen LogP contribution >= 0.6 is 0 Å². The maximum Gasteiger partial charge on any atom is 0.313 e. The molecule has 0 aromatic rings. The van der Waals surface area contributed by atoms with Crippen molar-refractivity contribution < 1.29 is 14.3 Å². The number of allylic oxidation sites excluding steroid dienone is 4. The summed E-state index contributed by atoms with van der Waals surface area (Å²) in [6.45, 7) is 4.43. The molecule has 1 aliphatic heterocycles. The van der Waals surface area contributed by atoms with Crippen LogP contribution in [0.4, 0.5) is 0 Å². The molecule has 25 heavy (non-hydrogen) atoms. The molecule has 0 aromatic carbocycles. The first-order chi connectivity index (χ1) is 12.1. The monoisotopic (exact) mass is 348 g/mol. The van der Waals surface area contributed by atoms with Gasteiger partial charge in [-0.25, -0.2) is 0 Å². The standard InChI is InChI=1S/C22H36O3/c1-19-13-7-3-5-9-17-21(23)25-22(24)18-10-6-4-8-14-20(2)16-12-11-15-19/h15-16H,3-14,17-18H2,1-2H3/b19-15-,20-16+. The molecule has 1 heterocycles. The van der Waals surface area contributed by atoms with Crippen LogP contribution in [0.2, 0.25) is 0 Å². The Morgan fingerprint density at radius 3 is 1.36 bits per heavy atom. The lowest BCUT2D eigenvalue weighted by molar-refractivity contribution is -0.159. The van der Waals surface area contributed by atoms with Gasteiger partial charge in [0.15, 0.2) is 0 Å². The van der Waals surface area contributed by atoms with E-state index in [0.29, 0.717) is 12.8 Å². The molecule has 0 aromatic heterocycles. The molecule has 0 spiro atoms. The van der Waals surface area contributed by atoms with E-state index in [4.69, 9.17) is 4.74 Å². The highest BCUT2D eigenvalue weighted by Gasteiger charge is 2.09. The maximum absolute atomic E-state index is 11.6. The highest BCUT2D eigenvalue weighted by molar-refractivity contribution is 5.85. The average molecular weight is 349 g/mol. The van der Waals surface area contributed by atoms with Gasteiger partial charge >= 0.3 is 11.9 Å². The molecule has 1 aliphatic rings. The minimum atomic E-state index is -0.354. The van der Waals surface area contributed by atoms with Crippen molar-refractivity contribution in [1.29, 1.82) is 0 Å². The average Bonchev–Trinajstić information content (AvgIpc) is 2.57. The van der Waals surface area contributed by atoms with E-state index in [-0.39, 0.29) is 11.9 Å². The zero-order valence-corrected chi connectivity index (χ0v) is 16.3. The highest BCUT2D eigenvalue weighted by atomic mass is 16.6. The number of carbonyl (C=O) groups excluding carboxylic acids is 2. The molecule has 0 aliphatic carbocycles. The van der Waals surface area contributed by atoms with Crippen LogP contribution in [0.3, 0.4) is 0 Å². The Morgan fingerprint density at radius 1 is 0.600 bits per heavy atom. The van der Waals surface area contributed by atoms with E-state index < -0.39 is 0 Å². The SMILES string of the molecule is C/C1=C/CC/C=C(\C)CCCCCCC(=O)OC(=O)CCCCCC1. The molecule has 0 amide bonds. The van der Waals surface area contributed by atoms with E-state index in [1.54, 1.807) is 0 Å². The highest BCUT2D eigenvalue weighted by Crippen LogP contribution is 2.15. The topological polar surface area (TPSA) is 43.4 Å².